The Kier molecular flexibility index (Phi) is 7.64. The van der Waals surface area contributed by atoms with Gasteiger partial charge in [0, 0.05) is 59.0 Å². The van der Waals surface area contributed by atoms with Crippen molar-refractivity contribution in [2.45, 2.75) is 18.3 Å². The van der Waals surface area contributed by atoms with E-state index >= 15 is 0 Å². The number of furan rings is 1. The Bertz CT molecular complexity index is 3770. The first-order valence-electron chi connectivity index (χ1n) is 22.3. The van der Waals surface area contributed by atoms with Gasteiger partial charge in [-0.3, -0.25) is 0 Å². The van der Waals surface area contributed by atoms with Crippen LogP contribution in [-0.4, -0.2) is 0 Å². The maximum atomic E-state index is 6.52. The van der Waals surface area contributed by atoms with Crippen LogP contribution in [0, 0.1) is 0 Å². The molecule has 0 fully saturated rings. The van der Waals surface area contributed by atoms with Crippen molar-refractivity contribution in [1.82, 2.24) is 0 Å². The van der Waals surface area contributed by atoms with Crippen LogP contribution in [-0.2, 0) is 5.41 Å². The number of anilines is 3. The van der Waals surface area contributed by atoms with Crippen LogP contribution < -0.4 is 4.90 Å². The zero-order valence-electron chi connectivity index (χ0n) is 34.9. The van der Waals surface area contributed by atoms with Crippen LogP contribution in [0.1, 0.15) is 35.1 Å². The minimum atomic E-state index is -0.403. The number of allylic oxidation sites excluding steroid dienone is 4. The number of rotatable bonds is 5. The largest absolute Gasteiger partial charge is 0.455 e. The zero-order chi connectivity index (χ0) is 41.9. The summed E-state index contributed by atoms with van der Waals surface area (Å²) in [6, 6.07) is 73.9. The third-order valence-corrected chi connectivity index (χ3v) is 15.4. The molecule has 64 heavy (non-hydrogen) atoms. The molecule has 3 heteroatoms. The molecule has 11 aromatic rings. The average molecular weight is 834 g/mol. The molecule has 0 saturated carbocycles. The van der Waals surface area contributed by atoms with E-state index in [1.807, 2.05) is 17.4 Å². The van der Waals surface area contributed by atoms with Crippen molar-refractivity contribution in [3.05, 3.63) is 240 Å². The summed E-state index contributed by atoms with van der Waals surface area (Å²) in [5, 5.41) is 4.97. The molecule has 1 spiro atoms. The molecular weight excluding hydrogens is 795 g/mol. The highest BCUT2D eigenvalue weighted by atomic mass is 32.1. The van der Waals surface area contributed by atoms with E-state index in [1.54, 1.807) is 0 Å². The highest BCUT2D eigenvalue weighted by Gasteiger charge is 2.54. The molecule has 1 unspecified atom stereocenters. The van der Waals surface area contributed by atoms with Crippen molar-refractivity contribution in [1.29, 1.82) is 0 Å². The summed E-state index contributed by atoms with van der Waals surface area (Å²) in [5.41, 5.74) is 20.6. The molecule has 2 aromatic heterocycles. The van der Waals surface area contributed by atoms with Crippen LogP contribution >= 0.6 is 11.3 Å². The monoisotopic (exact) mass is 833 g/mol. The van der Waals surface area contributed by atoms with Crippen molar-refractivity contribution < 1.29 is 4.42 Å². The molecule has 0 aliphatic heterocycles. The fraction of sp³-hybridized carbons (Fsp3) is 0.0492. The Morgan fingerprint density at radius 1 is 0.469 bits per heavy atom. The quantitative estimate of drug-likeness (QED) is 0.172. The zero-order valence-corrected chi connectivity index (χ0v) is 35.7. The summed E-state index contributed by atoms with van der Waals surface area (Å²) in [7, 11) is 0. The minimum absolute atomic E-state index is 0.403. The Morgan fingerprint density at radius 2 is 1.12 bits per heavy atom. The average Bonchev–Trinajstić information content (AvgIpc) is 4.10. The van der Waals surface area contributed by atoms with E-state index in [0.717, 1.165) is 57.3 Å². The second-order valence-corrected chi connectivity index (χ2v) is 18.4. The molecule has 0 amide bonds. The number of hydrogen-bond acceptors (Lipinski definition) is 3. The lowest BCUT2D eigenvalue weighted by Gasteiger charge is -2.34. The molecule has 0 N–H and O–H groups in total. The van der Waals surface area contributed by atoms with Gasteiger partial charge in [0.15, 0.2) is 0 Å². The standard InChI is InChI=1S/C61H39NOS/c1-2-14-38(15-3-1)39-28-32-41(33-29-39)62(42-34-30-40(31-35-42)43-20-12-21-46-44-16-6-10-26-55(44)63-59(43)46)54-25-13-24-52-57(54)48-18-4-8-22-50(48)61(52)51-23-9-5-19-49(51)58-53(61)37-36-47-45-17-7-11-27-56(45)64-60(47)58/h1-7,9-21,23-37H,8,22H2. The Labute approximate surface area is 375 Å². The molecule has 0 saturated heterocycles. The third-order valence-electron chi connectivity index (χ3n) is 14.2. The molecule has 2 nitrogen and oxygen atoms in total. The van der Waals surface area contributed by atoms with E-state index in [9.17, 15) is 0 Å². The lowest BCUT2D eigenvalue weighted by atomic mass is 9.68. The van der Waals surface area contributed by atoms with E-state index in [4.69, 9.17) is 4.42 Å². The third kappa shape index (κ3) is 4.90. The number of nitrogens with zero attached hydrogens (tertiary/aromatic N) is 1. The van der Waals surface area contributed by atoms with Gasteiger partial charge in [0.1, 0.15) is 11.2 Å². The van der Waals surface area contributed by atoms with Crippen molar-refractivity contribution >= 4 is 76.1 Å². The first-order chi connectivity index (χ1) is 31.8. The van der Waals surface area contributed by atoms with Crippen LogP contribution in [0.3, 0.4) is 0 Å². The van der Waals surface area contributed by atoms with Gasteiger partial charge in [-0.15, -0.1) is 11.3 Å². The molecule has 0 radical (unpaired) electrons. The van der Waals surface area contributed by atoms with Gasteiger partial charge in [-0.2, -0.15) is 0 Å². The fourth-order valence-corrected chi connectivity index (χ4v) is 12.8. The highest BCUT2D eigenvalue weighted by molar-refractivity contribution is 7.26. The van der Waals surface area contributed by atoms with Gasteiger partial charge in [0.05, 0.1) is 11.1 Å². The number of benzene rings is 9. The molecule has 14 rings (SSSR count). The van der Waals surface area contributed by atoms with Gasteiger partial charge in [-0.05, 0) is 105 Å². The van der Waals surface area contributed by atoms with Crippen molar-refractivity contribution in [2.24, 2.45) is 0 Å². The molecule has 3 aliphatic carbocycles. The van der Waals surface area contributed by atoms with E-state index < -0.39 is 5.41 Å². The minimum Gasteiger partial charge on any atom is -0.455 e. The van der Waals surface area contributed by atoms with Crippen LogP contribution in [0.5, 0.6) is 0 Å². The Hall–Kier alpha value is -7.72. The number of hydrogen-bond donors (Lipinski definition) is 0. The van der Waals surface area contributed by atoms with Gasteiger partial charge in [0.2, 0.25) is 0 Å². The molecule has 300 valence electrons. The topological polar surface area (TPSA) is 16.4 Å². The number of fused-ring (bicyclic) bond motifs is 16. The summed E-state index contributed by atoms with van der Waals surface area (Å²) >= 11 is 1.94. The second-order valence-electron chi connectivity index (χ2n) is 17.4. The van der Waals surface area contributed by atoms with Crippen molar-refractivity contribution in [3.8, 4) is 33.4 Å². The second kappa shape index (κ2) is 13.6. The predicted octanol–water partition coefficient (Wildman–Crippen LogP) is 17.2. The molecule has 0 bridgehead atoms. The first kappa shape index (κ1) is 35.8. The SMILES string of the molecule is C1=CC2=C(CC1)C1(c3ccccc3-c3c1ccc1c3sc3ccccc31)c1cccc(N(c3ccc(-c4ccccc4)cc3)c3ccc(-c4cccc5c4oc4ccccc45)cc3)c12. The molecular formula is C61H39NOS. The normalized spacial score (nSPS) is 15.9. The molecule has 9 aromatic carbocycles. The van der Waals surface area contributed by atoms with Gasteiger partial charge < -0.3 is 9.32 Å². The summed E-state index contributed by atoms with van der Waals surface area (Å²) in [5.74, 6) is 0. The Balaban J connectivity index is 0.994. The van der Waals surface area contributed by atoms with E-state index in [1.165, 1.54) is 81.5 Å². The maximum absolute atomic E-state index is 6.52. The smallest absolute Gasteiger partial charge is 0.143 e. The highest BCUT2D eigenvalue weighted by Crippen LogP contribution is 2.66. The first-order valence-corrected chi connectivity index (χ1v) is 23.1. The van der Waals surface area contributed by atoms with E-state index in [2.05, 4.69) is 211 Å². The lowest BCUT2D eigenvalue weighted by Crippen LogP contribution is -2.28. The van der Waals surface area contributed by atoms with Crippen LogP contribution in [0.25, 0.3) is 81.1 Å². The predicted molar refractivity (Wildman–Crippen MR) is 269 cm³/mol. The fourth-order valence-electron chi connectivity index (χ4n) is 11.6. The van der Waals surface area contributed by atoms with E-state index in [-0.39, 0.29) is 0 Å². The van der Waals surface area contributed by atoms with Crippen molar-refractivity contribution in [2.75, 3.05) is 4.90 Å². The van der Waals surface area contributed by atoms with Gasteiger partial charge in [-0.25, -0.2) is 0 Å². The van der Waals surface area contributed by atoms with E-state index in [0.29, 0.717) is 0 Å². The van der Waals surface area contributed by atoms with Crippen LogP contribution in [0.4, 0.5) is 17.1 Å². The lowest BCUT2D eigenvalue weighted by molar-refractivity contribution is 0.670. The Morgan fingerprint density at radius 3 is 1.98 bits per heavy atom. The number of thiophene rings is 1. The molecule has 1 atom stereocenters. The summed E-state index contributed by atoms with van der Waals surface area (Å²) < 4.78 is 9.25. The van der Waals surface area contributed by atoms with Crippen LogP contribution in [0.15, 0.2) is 222 Å². The van der Waals surface area contributed by atoms with Crippen molar-refractivity contribution in [3.63, 3.8) is 0 Å². The van der Waals surface area contributed by atoms with Gasteiger partial charge in [0.25, 0.3) is 0 Å². The van der Waals surface area contributed by atoms with Crippen LogP contribution in [0.2, 0.25) is 0 Å². The summed E-state index contributed by atoms with van der Waals surface area (Å²) in [6.45, 7) is 0. The molecule has 3 aliphatic rings. The van der Waals surface area contributed by atoms with Gasteiger partial charge in [-0.1, -0.05) is 170 Å². The maximum Gasteiger partial charge on any atom is 0.143 e. The summed E-state index contributed by atoms with van der Waals surface area (Å²) in [4.78, 5) is 2.49. The van der Waals surface area contributed by atoms with Gasteiger partial charge >= 0.3 is 0 Å². The molecule has 2 heterocycles. The summed E-state index contributed by atoms with van der Waals surface area (Å²) in [6.07, 6.45) is 6.85. The number of para-hydroxylation sites is 2.